The zero-order valence-corrected chi connectivity index (χ0v) is 19.1. The highest BCUT2D eigenvalue weighted by Crippen LogP contribution is 2.43. The van der Waals surface area contributed by atoms with E-state index in [2.05, 4.69) is 34.0 Å². The number of nitrogen functional groups attached to an aromatic ring is 1. The lowest BCUT2D eigenvalue weighted by atomic mass is 9.72. The lowest BCUT2D eigenvalue weighted by Gasteiger charge is -2.30. The molecule has 5 rings (SSSR count). The van der Waals surface area contributed by atoms with Gasteiger partial charge in [0.15, 0.2) is 11.6 Å². The summed E-state index contributed by atoms with van der Waals surface area (Å²) in [5.41, 5.74) is 10.8. The number of benzene rings is 1. The van der Waals surface area contributed by atoms with Gasteiger partial charge in [-0.15, -0.1) is 0 Å². The van der Waals surface area contributed by atoms with Gasteiger partial charge in [0.05, 0.1) is 5.69 Å². The smallest absolute Gasteiger partial charge is 0.220 e. The van der Waals surface area contributed by atoms with Gasteiger partial charge in [0, 0.05) is 30.2 Å². The minimum Gasteiger partial charge on any atom is -0.368 e. The quantitative estimate of drug-likeness (QED) is 0.543. The molecule has 0 spiro atoms. The van der Waals surface area contributed by atoms with Crippen LogP contribution in [0, 0.1) is 5.92 Å². The van der Waals surface area contributed by atoms with E-state index in [0.717, 1.165) is 35.1 Å². The van der Waals surface area contributed by atoms with Crippen LogP contribution < -0.4 is 5.73 Å². The molecule has 0 unspecified atom stereocenters. The summed E-state index contributed by atoms with van der Waals surface area (Å²) >= 11 is 0. The third-order valence-corrected chi connectivity index (χ3v) is 7.05. The second-order valence-corrected chi connectivity index (χ2v) is 10.1. The normalized spacial score (nSPS) is 16.9. The molecule has 3 aromatic rings. The summed E-state index contributed by atoms with van der Waals surface area (Å²) in [4.78, 5) is 34.3. The molecule has 7 heteroatoms. The molecule has 0 saturated heterocycles. The zero-order chi connectivity index (χ0) is 23.2. The van der Waals surface area contributed by atoms with Gasteiger partial charge < -0.3 is 5.73 Å². The second-order valence-electron chi connectivity index (χ2n) is 10.1. The van der Waals surface area contributed by atoms with Crippen molar-refractivity contribution in [1.82, 2.24) is 20.2 Å². The van der Waals surface area contributed by atoms with Crippen molar-refractivity contribution >= 4 is 17.5 Å². The van der Waals surface area contributed by atoms with Crippen molar-refractivity contribution in [3.63, 3.8) is 0 Å². The number of anilines is 1. The highest BCUT2D eigenvalue weighted by Gasteiger charge is 2.38. The first-order chi connectivity index (χ1) is 15.8. The van der Waals surface area contributed by atoms with E-state index in [0.29, 0.717) is 35.8 Å². The minimum absolute atomic E-state index is 0.0349. The van der Waals surface area contributed by atoms with Gasteiger partial charge in [-0.3, -0.25) is 14.7 Å². The van der Waals surface area contributed by atoms with Crippen LogP contribution >= 0.6 is 0 Å². The predicted molar refractivity (Wildman–Crippen MR) is 126 cm³/mol. The minimum atomic E-state index is -0.295. The van der Waals surface area contributed by atoms with Crippen LogP contribution in [0.25, 0.3) is 11.4 Å². The molecule has 1 aromatic carbocycles. The van der Waals surface area contributed by atoms with Gasteiger partial charge in [0.25, 0.3) is 0 Å². The molecule has 33 heavy (non-hydrogen) atoms. The van der Waals surface area contributed by atoms with Crippen LogP contribution in [0.3, 0.4) is 0 Å². The topological polar surface area (TPSA) is 115 Å². The number of H-pyrrole nitrogens is 1. The van der Waals surface area contributed by atoms with Crippen LogP contribution in [0.5, 0.6) is 0 Å². The standard InChI is InChI=1S/C26H29N5O2/c1-26(2)13-18-14-28-25(27)29-22(18)24-21(26)23(30-31-24)20(33)12-16-7-9-17(10-8-16)19(32)11-15-5-3-4-6-15/h7-10,14-15H,3-6,11-13H2,1-2H3,(H,30,31)(H2,27,28,29). The number of ketones is 2. The highest BCUT2D eigenvalue weighted by atomic mass is 16.1. The Morgan fingerprint density at radius 2 is 1.82 bits per heavy atom. The lowest BCUT2D eigenvalue weighted by Crippen LogP contribution is -2.28. The Morgan fingerprint density at radius 1 is 1.09 bits per heavy atom. The van der Waals surface area contributed by atoms with Gasteiger partial charge in [-0.05, 0) is 28.9 Å². The second kappa shape index (κ2) is 8.21. The fraction of sp³-hybridized carbons (Fsp3) is 0.423. The van der Waals surface area contributed by atoms with Crippen molar-refractivity contribution < 1.29 is 9.59 Å². The molecule has 2 aliphatic rings. The fourth-order valence-corrected chi connectivity index (χ4v) is 5.37. The maximum Gasteiger partial charge on any atom is 0.220 e. The Kier molecular flexibility index (Phi) is 5.35. The summed E-state index contributed by atoms with van der Waals surface area (Å²) in [5.74, 6) is 0.883. The van der Waals surface area contributed by atoms with E-state index in [1.54, 1.807) is 6.20 Å². The first kappa shape index (κ1) is 21.5. The third-order valence-electron chi connectivity index (χ3n) is 7.05. The molecule has 7 nitrogen and oxygen atoms in total. The molecule has 0 radical (unpaired) electrons. The van der Waals surface area contributed by atoms with Gasteiger partial charge >= 0.3 is 0 Å². The molecule has 0 bridgehead atoms. The first-order valence-corrected chi connectivity index (χ1v) is 11.7. The van der Waals surface area contributed by atoms with E-state index in [1.165, 1.54) is 12.8 Å². The summed E-state index contributed by atoms with van der Waals surface area (Å²) in [5, 5.41) is 7.41. The van der Waals surface area contributed by atoms with Gasteiger partial charge in [-0.2, -0.15) is 5.10 Å². The molecule has 0 atom stereocenters. The van der Waals surface area contributed by atoms with Crippen LogP contribution in [-0.4, -0.2) is 31.7 Å². The van der Waals surface area contributed by atoms with Crippen molar-refractivity contribution in [2.45, 2.75) is 64.2 Å². The third kappa shape index (κ3) is 4.08. The summed E-state index contributed by atoms with van der Waals surface area (Å²) in [6, 6.07) is 7.47. The van der Waals surface area contributed by atoms with E-state index < -0.39 is 0 Å². The van der Waals surface area contributed by atoms with Crippen molar-refractivity contribution in [3.05, 3.63) is 58.4 Å². The van der Waals surface area contributed by atoms with E-state index in [-0.39, 0.29) is 29.4 Å². The molecule has 2 heterocycles. The average molecular weight is 444 g/mol. The number of nitrogens with two attached hydrogens (primary N) is 1. The number of aromatic amines is 1. The number of Topliss-reactive ketones (excluding diaryl/α,β-unsaturated/α-hetero) is 2. The Labute approximate surface area is 193 Å². The van der Waals surface area contributed by atoms with E-state index in [9.17, 15) is 9.59 Å². The van der Waals surface area contributed by atoms with Gasteiger partial charge in [0.1, 0.15) is 11.4 Å². The number of carbonyl (C=O) groups is 2. The Balaban J connectivity index is 1.35. The molecular weight excluding hydrogens is 414 g/mol. The molecular formula is C26H29N5O2. The zero-order valence-electron chi connectivity index (χ0n) is 19.1. The first-order valence-electron chi connectivity index (χ1n) is 11.7. The average Bonchev–Trinajstić information content (AvgIpc) is 3.45. The number of nitrogens with zero attached hydrogens (tertiary/aromatic N) is 3. The van der Waals surface area contributed by atoms with Crippen molar-refractivity contribution in [1.29, 1.82) is 0 Å². The van der Waals surface area contributed by atoms with Crippen molar-refractivity contribution in [2.24, 2.45) is 5.92 Å². The number of rotatable bonds is 6. The van der Waals surface area contributed by atoms with Crippen LogP contribution in [0.2, 0.25) is 0 Å². The largest absolute Gasteiger partial charge is 0.368 e. The summed E-state index contributed by atoms with van der Waals surface area (Å²) in [7, 11) is 0. The van der Waals surface area contributed by atoms with Gasteiger partial charge in [-0.1, -0.05) is 63.8 Å². The molecule has 2 aromatic heterocycles. The summed E-state index contributed by atoms with van der Waals surface area (Å²) in [6.07, 6.45) is 8.10. The highest BCUT2D eigenvalue weighted by molar-refractivity contribution is 6.00. The molecule has 0 amide bonds. The van der Waals surface area contributed by atoms with Crippen molar-refractivity contribution in [3.8, 4) is 11.4 Å². The SMILES string of the molecule is CC1(C)Cc2cnc(N)nc2-c2n[nH]c(C(=O)Cc3ccc(C(=O)CC4CCCC4)cc3)c21. The monoisotopic (exact) mass is 443 g/mol. The molecule has 2 aliphatic carbocycles. The molecule has 1 fully saturated rings. The van der Waals surface area contributed by atoms with Crippen LogP contribution in [0.15, 0.2) is 30.5 Å². The molecule has 170 valence electrons. The maximum absolute atomic E-state index is 13.3. The Morgan fingerprint density at radius 3 is 2.55 bits per heavy atom. The van der Waals surface area contributed by atoms with Crippen molar-refractivity contribution in [2.75, 3.05) is 5.73 Å². The van der Waals surface area contributed by atoms with Gasteiger partial charge in [-0.25, -0.2) is 9.97 Å². The van der Waals surface area contributed by atoms with Gasteiger partial charge in [0.2, 0.25) is 5.95 Å². The van der Waals surface area contributed by atoms with E-state index in [1.807, 2.05) is 24.3 Å². The Bertz CT molecular complexity index is 1220. The van der Waals surface area contributed by atoms with Crippen LogP contribution in [0.4, 0.5) is 5.95 Å². The fourth-order valence-electron chi connectivity index (χ4n) is 5.37. The van der Waals surface area contributed by atoms with E-state index in [4.69, 9.17) is 5.73 Å². The molecule has 1 saturated carbocycles. The van der Waals surface area contributed by atoms with Crippen LogP contribution in [-0.2, 0) is 18.3 Å². The lowest BCUT2D eigenvalue weighted by molar-refractivity contribution is 0.0960. The number of nitrogens with one attached hydrogen (secondary N) is 1. The number of fused-ring (bicyclic) bond motifs is 3. The number of aromatic nitrogens is 4. The maximum atomic E-state index is 13.3. The number of hydrogen-bond acceptors (Lipinski definition) is 6. The van der Waals surface area contributed by atoms with Crippen LogP contribution in [0.1, 0.15) is 83.5 Å². The number of carbonyl (C=O) groups excluding carboxylic acids is 2. The Hall–Kier alpha value is -3.35. The van der Waals surface area contributed by atoms with E-state index >= 15 is 0 Å². The summed E-state index contributed by atoms with van der Waals surface area (Å²) in [6.45, 7) is 4.20. The molecule has 3 N–H and O–H groups in total. The number of hydrogen-bond donors (Lipinski definition) is 2. The predicted octanol–water partition coefficient (Wildman–Crippen LogP) is 4.47. The summed E-state index contributed by atoms with van der Waals surface area (Å²) < 4.78 is 0. The molecule has 0 aliphatic heterocycles.